The van der Waals surface area contributed by atoms with Crippen molar-refractivity contribution in [3.8, 4) is 0 Å². The molecule has 2 aromatic carbocycles. The molecule has 1 fully saturated rings. The average molecular weight is 419 g/mol. The Morgan fingerprint density at radius 2 is 1.77 bits per heavy atom. The summed E-state index contributed by atoms with van der Waals surface area (Å²) in [4.78, 5) is 16.1. The van der Waals surface area contributed by atoms with Gasteiger partial charge in [-0.3, -0.25) is 4.79 Å². The zero-order chi connectivity index (χ0) is 20.9. The molecule has 1 amide bonds. The fraction of sp³-hybridized carbons (Fsp3) is 0.292. The number of nitrogens with zero attached hydrogens (tertiary/aromatic N) is 3. The first-order valence-corrected chi connectivity index (χ1v) is 11.1. The molecular formula is C24H26N4OS. The van der Waals surface area contributed by atoms with Gasteiger partial charge in [0.05, 0.1) is 0 Å². The molecule has 2 heterocycles. The standard InChI is InChI=1S/C24H26N4OS/c1-17-8-9-21(18(2)16-17)25-24(29)19-12-14-28(15-13-19)22-10-11-23(27-26-22)30-20-6-4-3-5-7-20/h3-11,16,19H,12-15H2,1-2H3,(H,25,29). The van der Waals surface area contributed by atoms with E-state index >= 15 is 0 Å². The summed E-state index contributed by atoms with van der Waals surface area (Å²) in [7, 11) is 0. The molecule has 1 aliphatic heterocycles. The zero-order valence-corrected chi connectivity index (χ0v) is 18.2. The molecule has 0 saturated carbocycles. The monoisotopic (exact) mass is 418 g/mol. The van der Waals surface area contributed by atoms with Crippen molar-refractivity contribution in [1.82, 2.24) is 10.2 Å². The first-order valence-electron chi connectivity index (χ1n) is 10.3. The van der Waals surface area contributed by atoms with Crippen molar-refractivity contribution < 1.29 is 4.79 Å². The van der Waals surface area contributed by atoms with Gasteiger partial charge in [-0.2, -0.15) is 0 Å². The van der Waals surface area contributed by atoms with Crippen molar-refractivity contribution in [2.75, 3.05) is 23.3 Å². The fourth-order valence-corrected chi connectivity index (χ4v) is 4.46. The van der Waals surface area contributed by atoms with Gasteiger partial charge in [0.1, 0.15) is 5.03 Å². The highest BCUT2D eigenvalue weighted by Gasteiger charge is 2.26. The van der Waals surface area contributed by atoms with Crippen LogP contribution in [0.1, 0.15) is 24.0 Å². The first kappa shape index (κ1) is 20.4. The number of benzene rings is 2. The van der Waals surface area contributed by atoms with Crippen LogP contribution in [0.5, 0.6) is 0 Å². The molecule has 1 aromatic heterocycles. The second-order valence-electron chi connectivity index (χ2n) is 7.71. The highest BCUT2D eigenvalue weighted by Crippen LogP contribution is 2.28. The van der Waals surface area contributed by atoms with Crippen LogP contribution in [0.4, 0.5) is 11.5 Å². The fourth-order valence-electron chi connectivity index (χ4n) is 3.70. The topological polar surface area (TPSA) is 58.1 Å². The number of hydrogen-bond acceptors (Lipinski definition) is 5. The highest BCUT2D eigenvalue weighted by molar-refractivity contribution is 7.99. The molecule has 1 saturated heterocycles. The van der Waals surface area contributed by atoms with Crippen molar-refractivity contribution in [3.63, 3.8) is 0 Å². The summed E-state index contributed by atoms with van der Waals surface area (Å²) in [5, 5.41) is 12.8. The summed E-state index contributed by atoms with van der Waals surface area (Å²) >= 11 is 1.61. The molecule has 30 heavy (non-hydrogen) atoms. The average Bonchev–Trinajstić information content (AvgIpc) is 2.77. The summed E-state index contributed by atoms with van der Waals surface area (Å²) in [5.74, 6) is 1.02. The van der Waals surface area contributed by atoms with E-state index in [1.807, 2.05) is 49.4 Å². The van der Waals surface area contributed by atoms with Crippen molar-refractivity contribution in [1.29, 1.82) is 0 Å². The van der Waals surface area contributed by atoms with E-state index in [0.29, 0.717) is 0 Å². The number of amides is 1. The number of aromatic nitrogens is 2. The Balaban J connectivity index is 1.31. The second kappa shape index (κ2) is 9.30. The minimum atomic E-state index is 0.0304. The number of aryl methyl sites for hydroxylation is 2. The van der Waals surface area contributed by atoms with E-state index in [-0.39, 0.29) is 11.8 Å². The van der Waals surface area contributed by atoms with Crippen LogP contribution < -0.4 is 10.2 Å². The predicted octanol–water partition coefficient (Wildman–Crippen LogP) is 5.10. The van der Waals surface area contributed by atoms with Gasteiger partial charge in [-0.15, -0.1) is 10.2 Å². The summed E-state index contributed by atoms with van der Waals surface area (Å²) in [6.07, 6.45) is 1.64. The van der Waals surface area contributed by atoms with Gasteiger partial charge in [0.2, 0.25) is 5.91 Å². The second-order valence-corrected chi connectivity index (χ2v) is 8.81. The maximum atomic E-state index is 12.7. The van der Waals surface area contributed by atoms with Crippen LogP contribution in [-0.4, -0.2) is 29.2 Å². The van der Waals surface area contributed by atoms with E-state index in [9.17, 15) is 4.79 Å². The number of piperidine rings is 1. The molecule has 0 radical (unpaired) electrons. The molecule has 1 N–H and O–H groups in total. The molecule has 1 aliphatic rings. The summed E-state index contributed by atoms with van der Waals surface area (Å²) in [6, 6.07) is 20.3. The van der Waals surface area contributed by atoms with E-state index in [1.54, 1.807) is 11.8 Å². The lowest BCUT2D eigenvalue weighted by atomic mass is 9.95. The summed E-state index contributed by atoms with van der Waals surface area (Å²) in [6.45, 7) is 5.71. The molecule has 4 rings (SSSR count). The third-order valence-electron chi connectivity index (χ3n) is 5.42. The van der Waals surface area contributed by atoms with E-state index in [1.165, 1.54) is 5.56 Å². The van der Waals surface area contributed by atoms with Gasteiger partial charge in [0, 0.05) is 29.6 Å². The Kier molecular flexibility index (Phi) is 6.33. The van der Waals surface area contributed by atoms with E-state index < -0.39 is 0 Å². The van der Waals surface area contributed by atoms with Crippen LogP contribution in [0.25, 0.3) is 0 Å². The Bertz CT molecular complexity index is 999. The smallest absolute Gasteiger partial charge is 0.227 e. The van der Waals surface area contributed by atoms with Crippen molar-refractivity contribution in [2.24, 2.45) is 5.92 Å². The lowest BCUT2D eigenvalue weighted by molar-refractivity contribution is -0.120. The Morgan fingerprint density at radius 3 is 2.43 bits per heavy atom. The van der Waals surface area contributed by atoms with E-state index in [0.717, 1.165) is 52.9 Å². The van der Waals surface area contributed by atoms with Gasteiger partial charge < -0.3 is 10.2 Å². The van der Waals surface area contributed by atoms with Crippen LogP contribution in [0.3, 0.4) is 0 Å². The summed E-state index contributed by atoms with van der Waals surface area (Å²) < 4.78 is 0. The maximum absolute atomic E-state index is 12.7. The number of hydrogen-bond donors (Lipinski definition) is 1. The number of nitrogens with one attached hydrogen (secondary N) is 1. The van der Waals surface area contributed by atoms with Gasteiger partial charge in [-0.1, -0.05) is 47.7 Å². The van der Waals surface area contributed by atoms with Crippen molar-refractivity contribution in [2.45, 2.75) is 36.6 Å². The lowest BCUT2D eigenvalue weighted by Gasteiger charge is -2.32. The van der Waals surface area contributed by atoms with Crippen LogP contribution in [0.2, 0.25) is 0 Å². The van der Waals surface area contributed by atoms with Crippen LogP contribution in [0.15, 0.2) is 70.6 Å². The van der Waals surface area contributed by atoms with Gasteiger partial charge in [0.25, 0.3) is 0 Å². The van der Waals surface area contributed by atoms with E-state index in [2.05, 4.69) is 45.5 Å². The van der Waals surface area contributed by atoms with Gasteiger partial charge in [-0.25, -0.2) is 0 Å². The normalized spacial score (nSPS) is 14.5. The number of carbonyl (C=O) groups excluding carboxylic acids is 1. The SMILES string of the molecule is Cc1ccc(NC(=O)C2CCN(c3ccc(Sc4ccccc4)nn3)CC2)c(C)c1. The minimum Gasteiger partial charge on any atom is -0.355 e. The molecule has 6 heteroatoms. The zero-order valence-electron chi connectivity index (χ0n) is 17.3. The molecule has 5 nitrogen and oxygen atoms in total. The number of rotatable bonds is 5. The number of anilines is 2. The highest BCUT2D eigenvalue weighted by atomic mass is 32.2. The van der Waals surface area contributed by atoms with Gasteiger partial charge >= 0.3 is 0 Å². The first-order chi connectivity index (χ1) is 14.6. The minimum absolute atomic E-state index is 0.0304. The molecule has 0 spiro atoms. The molecule has 3 aromatic rings. The molecule has 154 valence electrons. The molecule has 0 atom stereocenters. The lowest BCUT2D eigenvalue weighted by Crippen LogP contribution is -2.38. The molecule has 0 unspecified atom stereocenters. The quantitative estimate of drug-likeness (QED) is 0.625. The van der Waals surface area contributed by atoms with Gasteiger partial charge in [0.15, 0.2) is 5.82 Å². The van der Waals surface area contributed by atoms with Crippen LogP contribution >= 0.6 is 11.8 Å². The van der Waals surface area contributed by atoms with Crippen LogP contribution in [0, 0.1) is 19.8 Å². The maximum Gasteiger partial charge on any atom is 0.227 e. The Hall–Kier alpha value is -2.86. The Labute approximate surface area is 181 Å². The third-order valence-corrected chi connectivity index (χ3v) is 6.36. The summed E-state index contributed by atoms with van der Waals surface area (Å²) in [5.41, 5.74) is 3.21. The van der Waals surface area contributed by atoms with Crippen molar-refractivity contribution in [3.05, 3.63) is 71.8 Å². The predicted molar refractivity (Wildman–Crippen MR) is 122 cm³/mol. The third kappa shape index (κ3) is 5.00. The van der Waals surface area contributed by atoms with E-state index in [4.69, 9.17) is 0 Å². The Morgan fingerprint density at radius 1 is 1.00 bits per heavy atom. The molecular weight excluding hydrogens is 392 g/mol. The van der Waals surface area contributed by atoms with Crippen molar-refractivity contribution >= 4 is 29.2 Å². The molecule has 0 bridgehead atoms. The largest absolute Gasteiger partial charge is 0.355 e. The molecule has 0 aliphatic carbocycles. The van der Waals surface area contributed by atoms with Crippen LogP contribution in [-0.2, 0) is 4.79 Å². The van der Waals surface area contributed by atoms with Gasteiger partial charge in [-0.05, 0) is 62.6 Å². The number of carbonyl (C=O) groups is 1.